The molecule has 0 unspecified atom stereocenters. The van der Waals surface area contributed by atoms with Crippen LogP contribution in [0.5, 0.6) is 0 Å². The number of sulfone groups is 1. The highest BCUT2D eigenvalue weighted by Gasteiger charge is 2.16. The standard InChI is InChI=1S/C11H11NO2S/c1-9-3-5-11(6-4-9)15(13,14)10(2)7-8-12/h3-7H,1-2H3/b10-7+. The minimum absolute atomic E-state index is 0.0638. The third kappa shape index (κ3) is 2.45. The van der Waals surface area contributed by atoms with E-state index in [0.29, 0.717) is 0 Å². The average Bonchev–Trinajstić information content (AvgIpc) is 2.18. The van der Waals surface area contributed by atoms with E-state index in [1.165, 1.54) is 6.92 Å². The number of nitriles is 1. The Labute approximate surface area is 89.6 Å². The first-order valence-corrected chi connectivity index (χ1v) is 5.85. The van der Waals surface area contributed by atoms with Gasteiger partial charge in [0.2, 0.25) is 9.84 Å². The van der Waals surface area contributed by atoms with Crippen molar-refractivity contribution in [3.8, 4) is 6.07 Å². The van der Waals surface area contributed by atoms with Crippen LogP contribution in [0.15, 0.2) is 40.1 Å². The Bertz CT molecular complexity index is 519. The number of rotatable bonds is 2. The zero-order valence-corrected chi connectivity index (χ0v) is 9.38. The molecule has 1 aromatic carbocycles. The molecule has 0 aliphatic heterocycles. The molecule has 0 atom stereocenters. The van der Waals surface area contributed by atoms with Gasteiger partial charge in [-0.25, -0.2) is 8.42 Å². The van der Waals surface area contributed by atoms with Crippen LogP contribution in [0.2, 0.25) is 0 Å². The van der Waals surface area contributed by atoms with Crippen LogP contribution in [0.1, 0.15) is 12.5 Å². The summed E-state index contributed by atoms with van der Waals surface area (Å²) in [5, 5.41) is 8.40. The lowest BCUT2D eigenvalue weighted by atomic mass is 10.2. The van der Waals surface area contributed by atoms with Crippen LogP contribution in [0.4, 0.5) is 0 Å². The first-order chi connectivity index (χ1) is 6.98. The predicted octanol–water partition coefficient (Wildman–Crippen LogP) is 2.20. The van der Waals surface area contributed by atoms with E-state index in [0.717, 1.165) is 11.6 Å². The molecule has 0 aliphatic rings. The molecule has 78 valence electrons. The van der Waals surface area contributed by atoms with E-state index in [9.17, 15) is 8.42 Å². The fourth-order valence-corrected chi connectivity index (χ4v) is 2.15. The monoisotopic (exact) mass is 221 g/mol. The van der Waals surface area contributed by atoms with Crippen molar-refractivity contribution in [3.05, 3.63) is 40.8 Å². The molecule has 4 heteroatoms. The van der Waals surface area contributed by atoms with E-state index in [1.807, 2.05) is 6.92 Å². The van der Waals surface area contributed by atoms with E-state index < -0.39 is 9.84 Å². The van der Waals surface area contributed by atoms with Gasteiger partial charge >= 0.3 is 0 Å². The molecule has 1 aromatic rings. The molecule has 15 heavy (non-hydrogen) atoms. The number of hydrogen-bond donors (Lipinski definition) is 0. The van der Waals surface area contributed by atoms with Gasteiger partial charge in [0.25, 0.3) is 0 Å². The molecule has 0 amide bonds. The van der Waals surface area contributed by atoms with Crippen molar-refractivity contribution in [1.82, 2.24) is 0 Å². The second-order valence-corrected chi connectivity index (χ2v) is 5.32. The molecule has 1 rings (SSSR count). The van der Waals surface area contributed by atoms with Gasteiger partial charge in [0.1, 0.15) is 0 Å². The zero-order chi connectivity index (χ0) is 11.5. The van der Waals surface area contributed by atoms with Gasteiger partial charge < -0.3 is 0 Å². The summed E-state index contributed by atoms with van der Waals surface area (Å²) in [6, 6.07) is 8.25. The molecule has 0 bridgehead atoms. The van der Waals surface area contributed by atoms with Gasteiger partial charge in [-0.3, -0.25) is 0 Å². The fraction of sp³-hybridized carbons (Fsp3) is 0.182. The third-order valence-corrected chi connectivity index (χ3v) is 3.88. The number of nitrogens with zero attached hydrogens (tertiary/aromatic N) is 1. The van der Waals surface area contributed by atoms with Gasteiger partial charge in [-0.05, 0) is 26.0 Å². The number of allylic oxidation sites excluding steroid dienone is 2. The molecule has 0 N–H and O–H groups in total. The summed E-state index contributed by atoms with van der Waals surface area (Å²) in [5.74, 6) is 0. The maximum Gasteiger partial charge on any atom is 0.203 e. The quantitative estimate of drug-likeness (QED) is 0.719. The van der Waals surface area contributed by atoms with E-state index in [-0.39, 0.29) is 9.80 Å². The Morgan fingerprint density at radius 2 is 1.87 bits per heavy atom. The summed E-state index contributed by atoms with van der Waals surface area (Å²) < 4.78 is 23.6. The van der Waals surface area contributed by atoms with Gasteiger partial charge in [0, 0.05) is 6.08 Å². The second kappa shape index (κ2) is 4.28. The Balaban J connectivity index is 3.25. The van der Waals surface area contributed by atoms with Crippen molar-refractivity contribution >= 4 is 9.84 Å². The zero-order valence-electron chi connectivity index (χ0n) is 8.56. The summed E-state index contributed by atoms with van der Waals surface area (Å²) >= 11 is 0. The lowest BCUT2D eigenvalue weighted by Crippen LogP contribution is -2.01. The van der Waals surface area contributed by atoms with Crippen molar-refractivity contribution in [2.45, 2.75) is 18.7 Å². The molecule has 0 saturated carbocycles. The Morgan fingerprint density at radius 1 is 1.33 bits per heavy atom. The highest BCUT2D eigenvalue weighted by molar-refractivity contribution is 7.95. The molecule has 0 spiro atoms. The number of hydrogen-bond acceptors (Lipinski definition) is 3. The van der Waals surface area contributed by atoms with Gasteiger partial charge in [0.15, 0.2) is 0 Å². The summed E-state index contributed by atoms with van der Waals surface area (Å²) in [4.78, 5) is 0.283. The van der Waals surface area contributed by atoms with Crippen molar-refractivity contribution < 1.29 is 8.42 Å². The number of benzene rings is 1. The fourth-order valence-electron chi connectivity index (χ4n) is 1.07. The van der Waals surface area contributed by atoms with Gasteiger partial charge in [-0.2, -0.15) is 5.26 Å². The molecule has 0 fully saturated rings. The molecular weight excluding hydrogens is 210 g/mol. The largest absolute Gasteiger partial charge is 0.219 e. The lowest BCUT2D eigenvalue weighted by Gasteiger charge is -2.03. The predicted molar refractivity (Wildman–Crippen MR) is 57.7 cm³/mol. The summed E-state index contributed by atoms with van der Waals surface area (Å²) in [5.41, 5.74) is 0.996. The Kier molecular flexibility index (Phi) is 3.28. The van der Waals surface area contributed by atoms with E-state index in [4.69, 9.17) is 5.26 Å². The molecular formula is C11H11NO2S. The maximum absolute atomic E-state index is 11.8. The minimum atomic E-state index is -3.48. The topological polar surface area (TPSA) is 57.9 Å². The second-order valence-electron chi connectivity index (χ2n) is 3.20. The maximum atomic E-state index is 11.8. The molecule has 0 heterocycles. The van der Waals surface area contributed by atoms with Gasteiger partial charge in [-0.1, -0.05) is 17.7 Å². The average molecular weight is 221 g/mol. The SMILES string of the molecule is C/C(=C\C#N)S(=O)(=O)c1ccc(C)cc1. The van der Waals surface area contributed by atoms with E-state index in [2.05, 4.69) is 0 Å². The van der Waals surface area contributed by atoms with Crippen LogP contribution in [0.3, 0.4) is 0 Å². The van der Waals surface area contributed by atoms with Crippen LogP contribution in [-0.4, -0.2) is 8.42 Å². The molecule has 0 aromatic heterocycles. The van der Waals surface area contributed by atoms with Crippen molar-refractivity contribution in [3.63, 3.8) is 0 Å². The normalized spacial score (nSPS) is 12.2. The van der Waals surface area contributed by atoms with Crippen LogP contribution >= 0.6 is 0 Å². The summed E-state index contributed by atoms with van der Waals surface area (Å²) in [6.07, 6.45) is 1.04. The Hall–Kier alpha value is -1.60. The first kappa shape index (κ1) is 11.5. The van der Waals surface area contributed by atoms with Crippen LogP contribution in [0.25, 0.3) is 0 Å². The molecule has 0 saturated heterocycles. The van der Waals surface area contributed by atoms with Crippen molar-refractivity contribution in [2.75, 3.05) is 0 Å². The summed E-state index contributed by atoms with van der Waals surface area (Å²) in [7, 11) is -3.48. The molecule has 0 aliphatic carbocycles. The van der Waals surface area contributed by atoms with Gasteiger partial charge in [0.05, 0.1) is 15.9 Å². The smallest absolute Gasteiger partial charge is 0.203 e. The minimum Gasteiger partial charge on any atom is -0.219 e. The van der Waals surface area contributed by atoms with Crippen LogP contribution in [-0.2, 0) is 9.84 Å². The van der Waals surface area contributed by atoms with E-state index >= 15 is 0 Å². The summed E-state index contributed by atoms with van der Waals surface area (Å²) in [6.45, 7) is 3.30. The third-order valence-electron chi connectivity index (χ3n) is 2.02. The van der Waals surface area contributed by atoms with Crippen molar-refractivity contribution in [1.29, 1.82) is 5.26 Å². The highest BCUT2D eigenvalue weighted by Crippen LogP contribution is 2.18. The van der Waals surface area contributed by atoms with Gasteiger partial charge in [-0.15, -0.1) is 0 Å². The first-order valence-electron chi connectivity index (χ1n) is 4.36. The number of aryl methyl sites for hydroxylation is 1. The Morgan fingerprint density at radius 3 is 2.33 bits per heavy atom. The molecule has 0 radical (unpaired) electrons. The molecule has 3 nitrogen and oxygen atoms in total. The lowest BCUT2D eigenvalue weighted by molar-refractivity contribution is 0.602. The van der Waals surface area contributed by atoms with Crippen LogP contribution in [0, 0.1) is 18.3 Å². The van der Waals surface area contributed by atoms with Crippen LogP contribution < -0.4 is 0 Å². The highest BCUT2D eigenvalue weighted by atomic mass is 32.2. The van der Waals surface area contributed by atoms with E-state index in [1.54, 1.807) is 30.3 Å². The van der Waals surface area contributed by atoms with Crippen molar-refractivity contribution in [2.24, 2.45) is 0 Å².